The number of methoxy groups -OCH3 is 1. The van der Waals surface area contributed by atoms with Gasteiger partial charge in [-0.3, -0.25) is 4.79 Å². The van der Waals surface area contributed by atoms with Crippen LogP contribution in [0, 0.1) is 5.92 Å². The summed E-state index contributed by atoms with van der Waals surface area (Å²) in [6.07, 6.45) is 5.44. The zero-order valence-corrected chi connectivity index (χ0v) is 21.5. The maximum Gasteiger partial charge on any atom is 0.407 e. The van der Waals surface area contributed by atoms with Crippen molar-refractivity contribution >= 4 is 22.9 Å². The summed E-state index contributed by atoms with van der Waals surface area (Å²) in [6, 6.07) is 8.60. The molecule has 4 rings (SSSR count). The maximum absolute atomic E-state index is 13.7. The summed E-state index contributed by atoms with van der Waals surface area (Å²) < 4.78 is 12.9. The zero-order chi connectivity index (χ0) is 25.0. The molecule has 1 saturated heterocycles. The van der Waals surface area contributed by atoms with E-state index in [2.05, 4.69) is 50.6 Å². The van der Waals surface area contributed by atoms with Gasteiger partial charge in [-0.25, -0.2) is 4.79 Å². The summed E-state index contributed by atoms with van der Waals surface area (Å²) >= 11 is 0. The Kier molecular flexibility index (Phi) is 8.02. The summed E-state index contributed by atoms with van der Waals surface area (Å²) in [5.41, 5.74) is 1.83. The Hall–Kier alpha value is -2.58. The number of ether oxygens (including phenoxy) is 2. The largest absolute Gasteiger partial charge is 0.444 e. The van der Waals surface area contributed by atoms with E-state index >= 15 is 0 Å². The molecule has 0 bridgehead atoms. The van der Waals surface area contributed by atoms with Crippen LogP contribution in [0.3, 0.4) is 0 Å². The van der Waals surface area contributed by atoms with Crippen molar-refractivity contribution in [3.05, 3.63) is 36.0 Å². The van der Waals surface area contributed by atoms with Crippen LogP contribution in [0.25, 0.3) is 10.9 Å². The molecule has 1 saturated carbocycles. The fraction of sp³-hybridized carbons (Fsp3) is 0.630. The van der Waals surface area contributed by atoms with Crippen molar-refractivity contribution in [2.24, 2.45) is 5.92 Å². The Morgan fingerprint density at radius 1 is 1.20 bits per heavy atom. The summed E-state index contributed by atoms with van der Waals surface area (Å²) in [6.45, 7) is 9.04. The first kappa shape index (κ1) is 25.5. The van der Waals surface area contributed by atoms with E-state index in [4.69, 9.17) is 9.47 Å². The minimum atomic E-state index is -0.549. The van der Waals surface area contributed by atoms with Gasteiger partial charge in [0, 0.05) is 69.1 Å². The van der Waals surface area contributed by atoms with E-state index in [0.717, 1.165) is 32.4 Å². The SMILES string of the molecule is COCCCn1cc(CN(C(=O)C2CNCC(NC(=O)OC(C)(C)C)C2)C2CC2)c2ccccc21. The van der Waals surface area contributed by atoms with Crippen molar-refractivity contribution in [3.63, 3.8) is 0 Å². The second kappa shape index (κ2) is 11.0. The van der Waals surface area contributed by atoms with Crippen molar-refractivity contribution in [2.75, 3.05) is 26.8 Å². The minimum Gasteiger partial charge on any atom is -0.444 e. The number of nitrogens with one attached hydrogen (secondary N) is 2. The first-order chi connectivity index (χ1) is 16.7. The number of fused-ring (bicyclic) bond motifs is 1. The molecule has 0 radical (unpaired) electrons. The van der Waals surface area contributed by atoms with Gasteiger partial charge in [0.25, 0.3) is 0 Å². The second-order valence-corrected chi connectivity index (χ2v) is 10.8. The van der Waals surface area contributed by atoms with Crippen LogP contribution >= 0.6 is 0 Å². The molecule has 2 heterocycles. The molecule has 0 spiro atoms. The van der Waals surface area contributed by atoms with Gasteiger partial charge in [-0.15, -0.1) is 0 Å². The number of hydrogen-bond acceptors (Lipinski definition) is 5. The highest BCUT2D eigenvalue weighted by Gasteiger charge is 2.38. The number of aromatic nitrogens is 1. The molecule has 2 N–H and O–H groups in total. The lowest BCUT2D eigenvalue weighted by molar-refractivity contribution is -0.137. The lowest BCUT2D eigenvalue weighted by Crippen LogP contribution is -2.53. The number of alkyl carbamates (subject to hydrolysis) is 1. The molecule has 2 amide bonds. The predicted octanol–water partition coefficient (Wildman–Crippen LogP) is 3.67. The van der Waals surface area contributed by atoms with E-state index in [-0.39, 0.29) is 17.9 Å². The standard InChI is InChI=1S/C27H40N4O4/c1-27(2,3)35-26(33)29-21-14-19(15-28-16-21)25(32)31(22-10-11-22)18-20-17-30(12-7-13-34-4)24-9-6-5-8-23(20)24/h5-6,8-9,17,19,21-22,28H,7,10-16,18H2,1-4H3,(H,29,33). The van der Waals surface area contributed by atoms with Crippen LogP contribution in [0.15, 0.2) is 30.5 Å². The molecule has 2 fully saturated rings. The molecule has 2 atom stereocenters. The van der Waals surface area contributed by atoms with Gasteiger partial charge in [0.2, 0.25) is 5.91 Å². The number of carbonyl (C=O) groups is 2. The van der Waals surface area contributed by atoms with Crippen molar-refractivity contribution in [1.82, 2.24) is 20.1 Å². The molecule has 2 aromatic rings. The number of rotatable bonds is 9. The first-order valence-electron chi connectivity index (χ1n) is 12.8. The zero-order valence-electron chi connectivity index (χ0n) is 21.5. The molecule has 8 heteroatoms. The van der Waals surface area contributed by atoms with E-state index in [1.165, 1.54) is 16.5 Å². The van der Waals surface area contributed by atoms with Gasteiger partial charge in [0.1, 0.15) is 5.60 Å². The number of amides is 2. The van der Waals surface area contributed by atoms with E-state index < -0.39 is 11.7 Å². The van der Waals surface area contributed by atoms with Gasteiger partial charge in [-0.2, -0.15) is 0 Å². The van der Waals surface area contributed by atoms with Crippen LogP contribution in [0.4, 0.5) is 4.79 Å². The van der Waals surface area contributed by atoms with Crippen molar-refractivity contribution in [2.45, 2.75) is 77.2 Å². The fourth-order valence-electron chi connectivity index (χ4n) is 4.92. The maximum atomic E-state index is 13.7. The minimum absolute atomic E-state index is 0.128. The molecule has 1 aromatic carbocycles. The number of hydrogen-bond donors (Lipinski definition) is 2. The lowest BCUT2D eigenvalue weighted by Gasteiger charge is -2.34. The van der Waals surface area contributed by atoms with Gasteiger partial charge in [-0.05, 0) is 58.1 Å². The van der Waals surface area contributed by atoms with Crippen LogP contribution in [0.1, 0.15) is 52.0 Å². The number of benzene rings is 1. The molecule has 2 unspecified atom stereocenters. The van der Waals surface area contributed by atoms with Crippen molar-refractivity contribution in [1.29, 1.82) is 0 Å². The van der Waals surface area contributed by atoms with E-state index in [9.17, 15) is 9.59 Å². The number of aryl methyl sites for hydroxylation is 1. The summed E-state index contributed by atoms with van der Waals surface area (Å²) in [4.78, 5) is 28.0. The van der Waals surface area contributed by atoms with Crippen molar-refractivity contribution < 1.29 is 19.1 Å². The first-order valence-corrected chi connectivity index (χ1v) is 12.8. The van der Waals surface area contributed by atoms with Crippen LogP contribution < -0.4 is 10.6 Å². The van der Waals surface area contributed by atoms with Gasteiger partial charge < -0.3 is 29.6 Å². The second-order valence-electron chi connectivity index (χ2n) is 10.8. The van der Waals surface area contributed by atoms with Crippen molar-refractivity contribution in [3.8, 4) is 0 Å². The highest BCUT2D eigenvalue weighted by Crippen LogP contribution is 2.33. The van der Waals surface area contributed by atoms with E-state index in [0.29, 0.717) is 32.1 Å². The molecule has 2 aliphatic rings. The molecule has 35 heavy (non-hydrogen) atoms. The Labute approximate surface area is 208 Å². The quantitative estimate of drug-likeness (QED) is 0.531. The average molecular weight is 485 g/mol. The van der Waals surface area contributed by atoms with E-state index in [1.807, 2.05) is 20.8 Å². The topological polar surface area (TPSA) is 84.8 Å². The number of carbonyl (C=O) groups excluding carboxylic acids is 2. The Morgan fingerprint density at radius 3 is 2.69 bits per heavy atom. The normalized spacial score (nSPS) is 20.6. The third-order valence-electron chi connectivity index (χ3n) is 6.65. The highest BCUT2D eigenvalue weighted by molar-refractivity contribution is 5.85. The molecular formula is C27H40N4O4. The monoisotopic (exact) mass is 484 g/mol. The third kappa shape index (κ3) is 6.76. The summed E-state index contributed by atoms with van der Waals surface area (Å²) in [5.74, 6) is 0.00578. The molecule has 8 nitrogen and oxygen atoms in total. The lowest BCUT2D eigenvalue weighted by atomic mass is 9.94. The van der Waals surface area contributed by atoms with Gasteiger partial charge in [0.05, 0.1) is 5.92 Å². The number of nitrogens with zero attached hydrogens (tertiary/aromatic N) is 2. The van der Waals surface area contributed by atoms with Gasteiger partial charge in [-0.1, -0.05) is 18.2 Å². The highest BCUT2D eigenvalue weighted by atomic mass is 16.6. The Morgan fingerprint density at radius 2 is 1.97 bits per heavy atom. The summed E-state index contributed by atoms with van der Waals surface area (Å²) in [5, 5.41) is 7.48. The van der Waals surface area contributed by atoms with Crippen LogP contribution in [-0.2, 0) is 27.4 Å². The fourth-order valence-corrected chi connectivity index (χ4v) is 4.92. The van der Waals surface area contributed by atoms with E-state index in [1.54, 1.807) is 7.11 Å². The predicted molar refractivity (Wildman–Crippen MR) is 136 cm³/mol. The number of piperidine rings is 1. The number of para-hydroxylation sites is 1. The van der Waals surface area contributed by atoms with Crippen LogP contribution in [-0.4, -0.2) is 66.0 Å². The third-order valence-corrected chi connectivity index (χ3v) is 6.65. The Bertz CT molecular complexity index is 1020. The average Bonchev–Trinajstić information content (AvgIpc) is 3.59. The molecule has 192 valence electrons. The molecule has 1 aromatic heterocycles. The van der Waals surface area contributed by atoms with Crippen LogP contribution in [0.5, 0.6) is 0 Å². The van der Waals surface area contributed by atoms with Gasteiger partial charge >= 0.3 is 6.09 Å². The molecule has 1 aliphatic carbocycles. The van der Waals surface area contributed by atoms with Gasteiger partial charge in [0.15, 0.2) is 0 Å². The van der Waals surface area contributed by atoms with Crippen LogP contribution in [0.2, 0.25) is 0 Å². The molecule has 1 aliphatic heterocycles. The smallest absolute Gasteiger partial charge is 0.407 e. The summed E-state index contributed by atoms with van der Waals surface area (Å²) in [7, 11) is 1.73. The molecular weight excluding hydrogens is 444 g/mol. The Balaban J connectivity index is 1.45.